The second-order valence-electron chi connectivity index (χ2n) is 6.88. The Hall–Kier alpha value is 0.231. The Morgan fingerprint density at radius 3 is 1.59 bits per heavy atom. The summed E-state index contributed by atoms with van der Waals surface area (Å²) in [5.41, 5.74) is 5.02. The molecule has 4 nitrogen and oxygen atoms in total. The van der Waals surface area contributed by atoms with Crippen LogP contribution in [0.4, 0.5) is 0 Å². The van der Waals surface area contributed by atoms with Crippen molar-refractivity contribution >= 4 is 25.3 Å². The van der Waals surface area contributed by atoms with Crippen LogP contribution in [0.3, 0.4) is 0 Å². The van der Waals surface area contributed by atoms with E-state index in [4.69, 9.17) is 13.3 Å². The lowest BCUT2D eigenvalue weighted by Gasteiger charge is -2.39. The van der Waals surface area contributed by atoms with Gasteiger partial charge in [0.2, 0.25) is 0 Å². The third kappa shape index (κ3) is 5.12. The van der Waals surface area contributed by atoms with Gasteiger partial charge in [0.15, 0.2) is 0 Å². The van der Waals surface area contributed by atoms with Crippen molar-refractivity contribution in [3.8, 4) is 0 Å². The van der Waals surface area contributed by atoms with Crippen LogP contribution in [0, 0.1) is 0 Å². The molecule has 0 fully saturated rings. The first kappa shape index (κ1) is 20.3. The molecule has 130 valence electrons. The summed E-state index contributed by atoms with van der Waals surface area (Å²) in [6, 6.07) is 0.925. The van der Waals surface area contributed by atoms with Gasteiger partial charge in [-0.2, -0.15) is 0 Å². The average Bonchev–Trinajstić information content (AvgIpc) is 2.62. The monoisotopic (exact) mass is 361 g/mol. The van der Waals surface area contributed by atoms with Gasteiger partial charge in [-0.15, -0.1) is 0 Å². The molecule has 7 heteroatoms. The van der Waals surface area contributed by atoms with Crippen molar-refractivity contribution in [2.45, 2.75) is 59.4 Å². The molecule has 0 atom stereocenters. The van der Waals surface area contributed by atoms with Crippen molar-refractivity contribution in [2.24, 2.45) is 0 Å². The van der Waals surface area contributed by atoms with Crippen molar-refractivity contribution in [3.63, 3.8) is 0 Å². The zero-order valence-electron chi connectivity index (χ0n) is 15.6. The van der Waals surface area contributed by atoms with E-state index >= 15 is 0 Å². The van der Waals surface area contributed by atoms with Crippen LogP contribution in [-0.4, -0.2) is 55.9 Å². The van der Waals surface area contributed by atoms with Gasteiger partial charge in [0.1, 0.15) is 16.5 Å². The Labute approximate surface area is 140 Å². The van der Waals surface area contributed by atoms with Crippen molar-refractivity contribution < 1.29 is 13.3 Å². The Kier molecular flexibility index (Phi) is 7.71. The van der Waals surface area contributed by atoms with Gasteiger partial charge in [-0.25, -0.2) is 0 Å². The maximum Gasteiger partial charge on any atom is 0.500 e. The van der Waals surface area contributed by atoms with Gasteiger partial charge in [0, 0.05) is 25.9 Å². The summed E-state index contributed by atoms with van der Waals surface area (Å²) in [5, 5.41) is 0. The lowest BCUT2D eigenvalue weighted by atomic mass is 10.5. The van der Waals surface area contributed by atoms with Crippen molar-refractivity contribution in [2.75, 3.05) is 26.4 Å². The van der Waals surface area contributed by atoms with Crippen molar-refractivity contribution in [3.05, 3.63) is 11.4 Å². The Morgan fingerprint density at radius 2 is 1.23 bits per heavy atom. The number of hydrogen-bond acceptors (Lipinski definition) is 4. The van der Waals surface area contributed by atoms with Crippen LogP contribution in [0.25, 0.3) is 0 Å². The molecule has 0 aromatic carbocycles. The van der Waals surface area contributed by atoms with Gasteiger partial charge in [-0.1, -0.05) is 37.6 Å². The average molecular weight is 362 g/mol. The maximum atomic E-state index is 5.96. The molecule has 0 aromatic heterocycles. The molecule has 0 aromatic rings. The molecule has 0 bridgehead atoms. The number of hydrogen-bond donors (Lipinski definition) is 0. The van der Waals surface area contributed by atoms with E-state index in [1.165, 1.54) is 0 Å². The van der Waals surface area contributed by atoms with Crippen LogP contribution in [0.5, 0.6) is 0 Å². The van der Waals surface area contributed by atoms with Crippen molar-refractivity contribution in [1.29, 1.82) is 0 Å². The molecule has 22 heavy (non-hydrogen) atoms. The lowest BCUT2D eigenvalue weighted by molar-refractivity contribution is 0.0706. The zero-order valence-corrected chi connectivity index (χ0v) is 18.6. The minimum Gasteiger partial charge on any atom is -0.374 e. The molecule has 1 rings (SSSR count). The second-order valence-corrected chi connectivity index (χ2v) is 18.4. The molecule has 0 spiro atoms. The van der Waals surface area contributed by atoms with Gasteiger partial charge in [0.25, 0.3) is 0 Å². The van der Waals surface area contributed by atoms with E-state index in [0.29, 0.717) is 19.8 Å². The molecule has 0 aliphatic carbocycles. The zero-order chi connectivity index (χ0) is 16.9. The summed E-state index contributed by atoms with van der Waals surface area (Å²) < 4.78 is 20.7. The van der Waals surface area contributed by atoms with E-state index in [0.717, 1.165) is 19.0 Å². The smallest absolute Gasteiger partial charge is 0.374 e. The molecule has 1 aliphatic rings. The minimum absolute atomic E-state index is 0.665. The van der Waals surface area contributed by atoms with Crippen LogP contribution in [0.2, 0.25) is 32.2 Å². The van der Waals surface area contributed by atoms with Gasteiger partial charge in [-0.3, -0.25) is 0 Å². The van der Waals surface area contributed by atoms with Gasteiger partial charge in [-0.05, 0) is 33.7 Å². The minimum atomic E-state index is -2.48. The second kappa shape index (κ2) is 8.36. The molecule has 0 saturated heterocycles. The molecule has 0 radical (unpaired) electrons. The van der Waals surface area contributed by atoms with Gasteiger partial charge < -0.3 is 17.5 Å². The molecule has 1 heterocycles. The van der Waals surface area contributed by atoms with Crippen molar-refractivity contribution in [1.82, 2.24) is 4.23 Å². The summed E-state index contributed by atoms with van der Waals surface area (Å²) in [6.45, 7) is 19.0. The largest absolute Gasteiger partial charge is 0.500 e. The van der Waals surface area contributed by atoms with Gasteiger partial charge in [0.05, 0.1) is 0 Å². The predicted octanol–water partition coefficient (Wildman–Crippen LogP) is 3.79. The lowest BCUT2D eigenvalue weighted by Crippen LogP contribution is -2.56. The highest BCUT2D eigenvalue weighted by Crippen LogP contribution is 2.30. The summed E-state index contributed by atoms with van der Waals surface area (Å²) in [4.78, 5) is 0. The van der Waals surface area contributed by atoms with E-state index < -0.39 is 25.3 Å². The normalized spacial score (nSPS) is 20.7. The van der Waals surface area contributed by atoms with Crippen LogP contribution >= 0.6 is 0 Å². The van der Waals surface area contributed by atoms with E-state index in [-0.39, 0.29) is 0 Å². The quantitative estimate of drug-likeness (QED) is 0.554. The third-order valence-electron chi connectivity index (χ3n) is 4.25. The van der Waals surface area contributed by atoms with Crippen LogP contribution in [-0.2, 0) is 13.3 Å². The Bertz CT molecular complexity index is 340. The first-order chi connectivity index (χ1) is 10.2. The fourth-order valence-corrected chi connectivity index (χ4v) is 17.4. The molecule has 1 aliphatic heterocycles. The summed E-state index contributed by atoms with van der Waals surface area (Å²) in [7, 11) is -5.18. The molecular weight excluding hydrogens is 326 g/mol. The number of nitrogens with zero attached hydrogens (tertiary/aromatic N) is 1. The molecular formula is C15H35NO3Si3. The summed E-state index contributed by atoms with van der Waals surface area (Å²) >= 11 is 0. The molecule has 0 unspecified atom stereocenters. The SMILES string of the molecule is CCO[Si](CCCN1[Si](C)(C)C=C[Si]1(C)C)(OCC)OCC. The standard InChI is InChI=1S/C15H35NO3Si3/c1-8-17-22(18-9-2,19-10-3)13-11-12-16-20(4,5)14-15-21(16,6)7/h14-15H,8-13H2,1-7H3. The van der Waals surface area contributed by atoms with E-state index in [9.17, 15) is 0 Å². The fraction of sp³-hybridized carbons (Fsp3) is 0.867. The topological polar surface area (TPSA) is 30.9 Å². The first-order valence-electron chi connectivity index (χ1n) is 8.63. The third-order valence-corrected chi connectivity index (χ3v) is 16.4. The highest BCUT2D eigenvalue weighted by atomic mass is 28.4. The van der Waals surface area contributed by atoms with E-state index in [1.807, 2.05) is 20.8 Å². The van der Waals surface area contributed by atoms with Crippen LogP contribution in [0.1, 0.15) is 27.2 Å². The van der Waals surface area contributed by atoms with Crippen LogP contribution in [0.15, 0.2) is 11.4 Å². The highest BCUT2D eigenvalue weighted by Gasteiger charge is 2.44. The highest BCUT2D eigenvalue weighted by molar-refractivity contribution is 6.99. The number of rotatable bonds is 10. The molecule has 0 saturated carbocycles. The maximum absolute atomic E-state index is 5.96. The van der Waals surface area contributed by atoms with E-state index in [2.05, 4.69) is 41.8 Å². The Morgan fingerprint density at radius 1 is 0.818 bits per heavy atom. The van der Waals surface area contributed by atoms with E-state index in [1.54, 1.807) is 0 Å². The van der Waals surface area contributed by atoms with Crippen LogP contribution < -0.4 is 0 Å². The molecule has 0 N–H and O–H groups in total. The van der Waals surface area contributed by atoms with Gasteiger partial charge >= 0.3 is 8.80 Å². The summed E-state index contributed by atoms with van der Waals surface area (Å²) in [6.07, 6.45) is 1.10. The Balaban J connectivity index is 2.65. The predicted molar refractivity (Wildman–Crippen MR) is 101 cm³/mol. The summed E-state index contributed by atoms with van der Waals surface area (Å²) in [5.74, 6) is 0. The fourth-order valence-electron chi connectivity index (χ4n) is 3.36. The first-order valence-corrected chi connectivity index (χ1v) is 16.6. The molecule has 0 amide bonds.